The van der Waals surface area contributed by atoms with Crippen molar-refractivity contribution in [3.63, 3.8) is 0 Å². The van der Waals surface area contributed by atoms with E-state index in [9.17, 15) is 8.78 Å². The van der Waals surface area contributed by atoms with Crippen LogP contribution in [0, 0.1) is 18.6 Å². The van der Waals surface area contributed by atoms with E-state index in [0.717, 1.165) is 11.3 Å². The Balaban J connectivity index is 2.29. The van der Waals surface area contributed by atoms with Gasteiger partial charge in [-0.15, -0.1) is 0 Å². The smallest absolute Gasteiger partial charge is 0.129 e. The summed E-state index contributed by atoms with van der Waals surface area (Å²) in [7, 11) is 1.76. The van der Waals surface area contributed by atoms with E-state index in [1.165, 1.54) is 18.2 Å². The number of rotatable bonds is 4. The van der Waals surface area contributed by atoms with Crippen molar-refractivity contribution in [3.05, 3.63) is 59.1 Å². The lowest BCUT2D eigenvalue weighted by Gasteiger charge is -2.16. The van der Waals surface area contributed by atoms with Crippen LogP contribution in [0.2, 0.25) is 0 Å². The molecule has 0 aliphatic carbocycles. The standard InChI is InChI=1S/C14H15F2NO/c1-9-10(6-7-18-9)14(17-2)8-11-12(15)4-3-5-13(11)16/h3-7,14,17H,8H2,1-2H3. The first-order valence-corrected chi connectivity index (χ1v) is 5.77. The maximum absolute atomic E-state index is 13.6. The average Bonchev–Trinajstić information content (AvgIpc) is 2.76. The molecule has 2 nitrogen and oxygen atoms in total. The third-order valence-electron chi connectivity index (χ3n) is 3.09. The number of nitrogens with one attached hydrogen (secondary N) is 1. The Kier molecular flexibility index (Phi) is 3.77. The molecule has 2 rings (SSSR count). The monoisotopic (exact) mass is 251 g/mol. The highest BCUT2D eigenvalue weighted by atomic mass is 19.1. The highest BCUT2D eigenvalue weighted by Gasteiger charge is 2.18. The molecule has 1 unspecified atom stereocenters. The largest absolute Gasteiger partial charge is 0.469 e. The van der Waals surface area contributed by atoms with Crippen LogP contribution in [0.3, 0.4) is 0 Å². The van der Waals surface area contributed by atoms with Crippen molar-refractivity contribution < 1.29 is 13.2 Å². The molecule has 0 radical (unpaired) electrons. The van der Waals surface area contributed by atoms with Gasteiger partial charge < -0.3 is 9.73 Å². The second kappa shape index (κ2) is 5.31. The molecule has 0 fully saturated rings. The molecular weight excluding hydrogens is 236 g/mol. The fourth-order valence-corrected chi connectivity index (χ4v) is 2.06. The summed E-state index contributed by atoms with van der Waals surface area (Å²) in [6, 6.07) is 5.55. The van der Waals surface area contributed by atoms with E-state index < -0.39 is 11.6 Å². The van der Waals surface area contributed by atoms with E-state index in [-0.39, 0.29) is 18.0 Å². The van der Waals surface area contributed by atoms with Crippen molar-refractivity contribution in [2.45, 2.75) is 19.4 Å². The van der Waals surface area contributed by atoms with Gasteiger partial charge in [0.25, 0.3) is 0 Å². The fourth-order valence-electron chi connectivity index (χ4n) is 2.06. The first-order valence-electron chi connectivity index (χ1n) is 5.77. The second-order valence-electron chi connectivity index (χ2n) is 4.18. The van der Waals surface area contributed by atoms with Crippen molar-refractivity contribution in [1.29, 1.82) is 0 Å². The SMILES string of the molecule is CNC(Cc1c(F)cccc1F)c1ccoc1C. The third kappa shape index (κ3) is 2.43. The van der Waals surface area contributed by atoms with E-state index in [1.807, 2.05) is 13.0 Å². The van der Waals surface area contributed by atoms with Crippen molar-refractivity contribution in [2.75, 3.05) is 7.05 Å². The van der Waals surface area contributed by atoms with E-state index in [1.54, 1.807) is 13.3 Å². The van der Waals surface area contributed by atoms with E-state index in [0.29, 0.717) is 0 Å². The van der Waals surface area contributed by atoms with Crippen LogP contribution in [-0.4, -0.2) is 7.05 Å². The number of halogens is 2. The molecule has 2 aromatic rings. The summed E-state index contributed by atoms with van der Waals surface area (Å²) in [4.78, 5) is 0. The van der Waals surface area contributed by atoms with Gasteiger partial charge in [-0.05, 0) is 38.6 Å². The quantitative estimate of drug-likeness (QED) is 0.901. The molecule has 0 bridgehead atoms. The van der Waals surface area contributed by atoms with Gasteiger partial charge in [-0.3, -0.25) is 0 Å². The maximum Gasteiger partial charge on any atom is 0.129 e. The molecular formula is C14H15F2NO. The van der Waals surface area contributed by atoms with Gasteiger partial charge in [-0.1, -0.05) is 6.07 Å². The summed E-state index contributed by atoms with van der Waals surface area (Å²) >= 11 is 0. The normalized spacial score (nSPS) is 12.7. The first-order chi connectivity index (χ1) is 8.63. The molecule has 0 aliphatic heterocycles. The topological polar surface area (TPSA) is 25.2 Å². The minimum atomic E-state index is -0.517. The van der Waals surface area contributed by atoms with Crippen molar-refractivity contribution in [1.82, 2.24) is 5.32 Å². The molecule has 1 aromatic heterocycles. The van der Waals surface area contributed by atoms with Gasteiger partial charge in [0.1, 0.15) is 17.4 Å². The Bertz CT molecular complexity index is 516. The molecule has 0 spiro atoms. The van der Waals surface area contributed by atoms with E-state index >= 15 is 0 Å². The number of hydrogen-bond donors (Lipinski definition) is 1. The van der Waals surface area contributed by atoms with Crippen LogP contribution in [0.5, 0.6) is 0 Å². The summed E-state index contributed by atoms with van der Waals surface area (Å²) in [5.74, 6) is -0.279. The molecule has 4 heteroatoms. The zero-order valence-corrected chi connectivity index (χ0v) is 10.3. The molecule has 0 aliphatic rings. The Morgan fingerprint density at radius 2 is 1.89 bits per heavy atom. The summed E-state index contributed by atoms with van der Waals surface area (Å²) < 4.78 is 32.4. The fraction of sp³-hybridized carbons (Fsp3) is 0.286. The average molecular weight is 251 g/mol. The zero-order chi connectivity index (χ0) is 13.1. The summed E-state index contributed by atoms with van der Waals surface area (Å²) in [6.45, 7) is 1.83. The summed E-state index contributed by atoms with van der Waals surface area (Å²) in [5.41, 5.74) is 1.01. The Morgan fingerprint density at radius 3 is 2.39 bits per heavy atom. The minimum Gasteiger partial charge on any atom is -0.469 e. The van der Waals surface area contributed by atoms with Crippen LogP contribution in [-0.2, 0) is 6.42 Å². The van der Waals surface area contributed by atoms with Gasteiger partial charge in [-0.2, -0.15) is 0 Å². The molecule has 18 heavy (non-hydrogen) atoms. The van der Waals surface area contributed by atoms with Crippen LogP contribution < -0.4 is 5.32 Å². The Labute approximate surface area is 105 Å². The molecule has 0 amide bonds. The van der Waals surface area contributed by atoms with Crippen molar-refractivity contribution in [3.8, 4) is 0 Å². The number of benzene rings is 1. The van der Waals surface area contributed by atoms with Crippen molar-refractivity contribution >= 4 is 0 Å². The highest BCUT2D eigenvalue weighted by Crippen LogP contribution is 2.24. The van der Waals surface area contributed by atoms with Gasteiger partial charge >= 0.3 is 0 Å². The predicted octanol–water partition coefficient (Wildman–Crippen LogP) is 3.37. The number of aryl methyl sites for hydroxylation is 1. The van der Waals surface area contributed by atoms with Crippen LogP contribution in [0.15, 0.2) is 34.9 Å². The lowest BCUT2D eigenvalue weighted by Crippen LogP contribution is -2.20. The first kappa shape index (κ1) is 12.8. The third-order valence-corrected chi connectivity index (χ3v) is 3.09. The molecule has 0 saturated heterocycles. The van der Waals surface area contributed by atoms with E-state index in [2.05, 4.69) is 5.32 Å². The lowest BCUT2D eigenvalue weighted by atomic mass is 9.99. The van der Waals surface area contributed by atoms with Gasteiger partial charge in [0.2, 0.25) is 0 Å². The van der Waals surface area contributed by atoms with Crippen LogP contribution in [0.4, 0.5) is 8.78 Å². The second-order valence-corrected chi connectivity index (χ2v) is 4.18. The number of hydrogen-bond acceptors (Lipinski definition) is 2. The van der Waals surface area contributed by atoms with Gasteiger partial charge in [0.05, 0.1) is 6.26 Å². The van der Waals surface area contributed by atoms with Crippen LogP contribution >= 0.6 is 0 Å². The summed E-state index contributed by atoms with van der Waals surface area (Å²) in [6.07, 6.45) is 1.82. The van der Waals surface area contributed by atoms with Crippen molar-refractivity contribution in [2.24, 2.45) is 0 Å². The van der Waals surface area contributed by atoms with Crippen LogP contribution in [0.25, 0.3) is 0 Å². The maximum atomic E-state index is 13.6. The Hall–Kier alpha value is -1.68. The molecule has 1 atom stereocenters. The zero-order valence-electron chi connectivity index (χ0n) is 10.3. The molecule has 1 heterocycles. The van der Waals surface area contributed by atoms with Crippen LogP contribution in [0.1, 0.15) is 22.9 Å². The van der Waals surface area contributed by atoms with Gasteiger partial charge in [0.15, 0.2) is 0 Å². The molecule has 1 aromatic carbocycles. The molecule has 1 N–H and O–H groups in total. The minimum absolute atomic E-state index is 0.0949. The summed E-state index contributed by atoms with van der Waals surface area (Å²) in [5, 5.41) is 3.05. The van der Waals surface area contributed by atoms with E-state index in [4.69, 9.17) is 4.42 Å². The van der Waals surface area contributed by atoms with Gasteiger partial charge in [0, 0.05) is 17.2 Å². The lowest BCUT2D eigenvalue weighted by molar-refractivity contribution is 0.494. The highest BCUT2D eigenvalue weighted by molar-refractivity contribution is 5.26. The number of furan rings is 1. The number of likely N-dealkylation sites (N-methyl/N-ethyl adjacent to an activating group) is 1. The Morgan fingerprint density at radius 1 is 1.22 bits per heavy atom. The molecule has 0 saturated carbocycles. The molecule has 96 valence electrons. The van der Waals surface area contributed by atoms with Gasteiger partial charge in [-0.25, -0.2) is 8.78 Å². The predicted molar refractivity (Wildman–Crippen MR) is 65.3 cm³/mol.